The number of hydrogen-bond donors (Lipinski definition) is 2. The van der Waals surface area contributed by atoms with Crippen LogP contribution in [0.3, 0.4) is 0 Å². The number of fused-ring (bicyclic) bond motifs is 2. The SMILES string of the molecule is COc1ccc2oc(CNC(=O)c3cc(-c4ccc5nc(N)nn5c4)cs3)nc2c1. The summed E-state index contributed by atoms with van der Waals surface area (Å²) in [5.74, 6) is 1.15. The van der Waals surface area contributed by atoms with Crippen LogP contribution < -0.4 is 15.8 Å². The van der Waals surface area contributed by atoms with E-state index in [0.29, 0.717) is 33.3 Å². The number of amides is 1. The Labute approximate surface area is 174 Å². The Morgan fingerprint density at radius 2 is 2.13 bits per heavy atom. The summed E-state index contributed by atoms with van der Waals surface area (Å²) in [5.41, 5.74) is 9.45. The highest BCUT2D eigenvalue weighted by Crippen LogP contribution is 2.26. The number of nitrogens with zero attached hydrogens (tertiary/aromatic N) is 4. The van der Waals surface area contributed by atoms with E-state index in [2.05, 4.69) is 20.4 Å². The van der Waals surface area contributed by atoms with Gasteiger partial charge in [-0.25, -0.2) is 9.50 Å². The second-order valence-corrected chi connectivity index (χ2v) is 7.43. The highest BCUT2D eigenvalue weighted by Gasteiger charge is 2.13. The van der Waals surface area contributed by atoms with Crippen LogP contribution in [0.1, 0.15) is 15.6 Å². The van der Waals surface area contributed by atoms with Gasteiger partial charge in [-0.15, -0.1) is 16.4 Å². The lowest BCUT2D eigenvalue weighted by Gasteiger charge is -2.00. The largest absolute Gasteiger partial charge is 0.497 e. The number of ether oxygens (including phenoxy) is 1. The fourth-order valence-electron chi connectivity index (χ4n) is 3.08. The van der Waals surface area contributed by atoms with E-state index < -0.39 is 0 Å². The van der Waals surface area contributed by atoms with Crippen LogP contribution in [0.15, 0.2) is 52.4 Å². The van der Waals surface area contributed by atoms with Crippen LogP contribution >= 0.6 is 11.3 Å². The van der Waals surface area contributed by atoms with Gasteiger partial charge in [-0.3, -0.25) is 4.79 Å². The molecule has 0 fully saturated rings. The lowest BCUT2D eigenvalue weighted by Crippen LogP contribution is -2.21. The number of hydrogen-bond acceptors (Lipinski definition) is 8. The molecule has 0 aliphatic heterocycles. The molecule has 0 unspecified atom stereocenters. The number of oxazole rings is 1. The normalized spacial score (nSPS) is 11.2. The number of aromatic nitrogens is 4. The second kappa shape index (κ2) is 7.16. The maximum absolute atomic E-state index is 12.6. The third kappa shape index (κ3) is 3.33. The third-order valence-corrected chi connectivity index (χ3v) is 5.47. The first-order chi connectivity index (χ1) is 14.6. The molecule has 0 saturated carbocycles. The van der Waals surface area contributed by atoms with Crippen molar-refractivity contribution in [3.63, 3.8) is 0 Å². The zero-order valence-corrected chi connectivity index (χ0v) is 16.6. The molecule has 0 bridgehead atoms. The fourth-order valence-corrected chi connectivity index (χ4v) is 3.91. The predicted octanol–water partition coefficient (Wildman–Crippen LogP) is 3.12. The molecule has 5 aromatic rings. The Bertz CT molecular complexity index is 1390. The van der Waals surface area contributed by atoms with Gasteiger partial charge in [0.1, 0.15) is 11.3 Å². The zero-order chi connectivity index (χ0) is 20.7. The van der Waals surface area contributed by atoms with Gasteiger partial charge in [0.25, 0.3) is 5.91 Å². The number of pyridine rings is 1. The first kappa shape index (κ1) is 18.1. The molecule has 1 aromatic carbocycles. The summed E-state index contributed by atoms with van der Waals surface area (Å²) in [6, 6.07) is 11.0. The molecular formula is C20H16N6O3S. The molecule has 10 heteroatoms. The van der Waals surface area contributed by atoms with Crippen molar-refractivity contribution in [3.8, 4) is 16.9 Å². The van der Waals surface area contributed by atoms with Crippen molar-refractivity contribution in [2.45, 2.75) is 6.54 Å². The molecule has 1 amide bonds. The number of nitrogens with one attached hydrogen (secondary N) is 1. The van der Waals surface area contributed by atoms with Crippen LogP contribution in [-0.2, 0) is 6.54 Å². The third-order valence-electron chi connectivity index (χ3n) is 4.54. The summed E-state index contributed by atoms with van der Waals surface area (Å²) in [6.07, 6.45) is 1.83. The number of benzene rings is 1. The topological polar surface area (TPSA) is 121 Å². The molecule has 3 N–H and O–H groups in total. The summed E-state index contributed by atoms with van der Waals surface area (Å²) in [5, 5.41) is 8.88. The number of anilines is 1. The maximum Gasteiger partial charge on any atom is 0.261 e. The van der Waals surface area contributed by atoms with Gasteiger partial charge in [-0.05, 0) is 41.3 Å². The van der Waals surface area contributed by atoms with Crippen LogP contribution in [-0.4, -0.2) is 32.6 Å². The van der Waals surface area contributed by atoms with E-state index in [1.165, 1.54) is 11.3 Å². The molecule has 5 rings (SSSR count). The van der Waals surface area contributed by atoms with Crippen molar-refractivity contribution in [1.82, 2.24) is 24.9 Å². The highest BCUT2D eigenvalue weighted by molar-refractivity contribution is 7.12. The van der Waals surface area contributed by atoms with Crippen molar-refractivity contribution >= 4 is 39.9 Å². The van der Waals surface area contributed by atoms with Crippen LogP contribution in [0.5, 0.6) is 5.75 Å². The molecule has 0 aliphatic rings. The zero-order valence-electron chi connectivity index (χ0n) is 15.8. The van der Waals surface area contributed by atoms with Gasteiger partial charge >= 0.3 is 0 Å². The van der Waals surface area contributed by atoms with Crippen LogP contribution in [0.25, 0.3) is 27.9 Å². The van der Waals surface area contributed by atoms with Gasteiger partial charge < -0.3 is 20.2 Å². The monoisotopic (exact) mass is 420 g/mol. The Morgan fingerprint density at radius 3 is 3.00 bits per heavy atom. The lowest BCUT2D eigenvalue weighted by atomic mass is 10.1. The Balaban J connectivity index is 1.30. The molecule has 0 spiro atoms. The van der Waals surface area contributed by atoms with E-state index in [1.807, 2.05) is 29.8 Å². The van der Waals surface area contributed by atoms with Gasteiger partial charge in [0.2, 0.25) is 11.8 Å². The first-order valence-corrected chi connectivity index (χ1v) is 9.89. The molecule has 0 saturated heterocycles. The maximum atomic E-state index is 12.6. The van der Waals surface area contributed by atoms with E-state index >= 15 is 0 Å². The number of methoxy groups -OCH3 is 1. The highest BCUT2D eigenvalue weighted by atomic mass is 32.1. The number of carbonyl (C=O) groups is 1. The molecule has 150 valence electrons. The Kier molecular flexibility index (Phi) is 4.32. The lowest BCUT2D eigenvalue weighted by molar-refractivity contribution is 0.0951. The number of carbonyl (C=O) groups excluding carboxylic acids is 1. The van der Waals surface area contributed by atoms with Crippen molar-refractivity contribution in [3.05, 3.63) is 58.7 Å². The molecule has 4 aromatic heterocycles. The van der Waals surface area contributed by atoms with Gasteiger partial charge in [-0.2, -0.15) is 4.98 Å². The smallest absolute Gasteiger partial charge is 0.261 e. The number of thiophene rings is 1. The van der Waals surface area contributed by atoms with Crippen LogP contribution in [0.2, 0.25) is 0 Å². The molecule has 0 aliphatic carbocycles. The average Bonchev–Trinajstić information content (AvgIpc) is 3.47. The molecule has 4 heterocycles. The molecule has 0 radical (unpaired) electrons. The Morgan fingerprint density at radius 1 is 1.23 bits per heavy atom. The van der Waals surface area contributed by atoms with Crippen molar-refractivity contribution in [2.75, 3.05) is 12.8 Å². The van der Waals surface area contributed by atoms with Crippen molar-refractivity contribution in [1.29, 1.82) is 0 Å². The van der Waals surface area contributed by atoms with Crippen LogP contribution in [0.4, 0.5) is 5.95 Å². The number of nitrogen functional groups attached to an aromatic ring is 1. The van der Waals surface area contributed by atoms with E-state index in [9.17, 15) is 4.79 Å². The minimum absolute atomic E-state index is 0.188. The van der Waals surface area contributed by atoms with Crippen LogP contribution in [0, 0.1) is 0 Å². The van der Waals surface area contributed by atoms with E-state index in [-0.39, 0.29) is 18.4 Å². The van der Waals surface area contributed by atoms with E-state index in [4.69, 9.17) is 14.9 Å². The van der Waals surface area contributed by atoms with Gasteiger partial charge in [0, 0.05) is 17.8 Å². The molecular weight excluding hydrogens is 404 g/mol. The number of rotatable bonds is 5. The van der Waals surface area contributed by atoms with Gasteiger partial charge in [0.15, 0.2) is 11.2 Å². The summed E-state index contributed by atoms with van der Waals surface area (Å²) in [7, 11) is 1.59. The fraction of sp³-hybridized carbons (Fsp3) is 0.100. The predicted molar refractivity (Wildman–Crippen MR) is 112 cm³/mol. The average molecular weight is 420 g/mol. The summed E-state index contributed by atoms with van der Waals surface area (Å²) >= 11 is 1.36. The standard InChI is InChI=1S/C20H16N6O3S/c1-28-13-3-4-15-14(7-13)23-18(29-15)8-22-19(27)16-6-12(10-30-16)11-2-5-17-24-20(21)25-26(17)9-11/h2-7,9-10H,8H2,1H3,(H2,21,25)(H,22,27). The summed E-state index contributed by atoms with van der Waals surface area (Å²) < 4.78 is 12.5. The summed E-state index contributed by atoms with van der Waals surface area (Å²) in [6.45, 7) is 0.188. The van der Waals surface area contributed by atoms with E-state index in [1.54, 1.807) is 29.8 Å². The van der Waals surface area contributed by atoms with Gasteiger partial charge in [0.05, 0.1) is 18.5 Å². The Hall–Kier alpha value is -3.92. The molecule has 30 heavy (non-hydrogen) atoms. The quantitative estimate of drug-likeness (QED) is 0.448. The van der Waals surface area contributed by atoms with Crippen molar-refractivity contribution < 1.29 is 13.9 Å². The number of nitrogens with two attached hydrogens (primary N) is 1. The second-order valence-electron chi connectivity index (χ2n) is 6.51. The molecule has 9 nitrogen and oxygen atoms in total. The minimum atomic E-state index is -0.197. The van der Waals surface area contributed by atoms with Crippen molar-refractivity contribution in [2.24, 2.45) is 0 Å². The van der Waals surface area contributed by atoms with E-state index in [0.717, 1.165) is 11.1 Å². The summed E-state index contributed by atoms with van der Waals surface area (Å²) in [4.78, 5) is 21.6. The minimum Gasteiger partial charge on any atom is -0.497 e. The first-order valence-electron chi connectivity index (χ1n) is 9.01. The van der Waals surface area contributed by atoms with Gasteiger partial charge in [-0.1, -0.05) is 0 Å². The molecule has 0 atom stereocenters.